The zero-order valence-electron chi connectivity index (χ0n) is 17.9. The number of anilines is 2. The summed E-state index contributed by atoms with van der Waals surface area (Å²) in [5, 5.41) is 5.00. The monoisotopic (exact) mass is 439 g/mol. The van der Waals surface area contributed by atoms with Gasteiger partial charge in [-0.2, -0.15) is 0 Å². The molecule has 162 valence electrons. The number of methoxy groups -OCH3 is 1. The number of ether oxygens (including phenoxy) is 1. The van der Waals surface area contributed by atoms with E-state index in [9.17, 15) is 4.79 Å². The number of amides is 1. The van der Waals surface area contributed by atoms with Gasteiger partial charge in [-0.1, -0.05) is 17.7 Å². The van der Waals surface area contributed by atoms with Gasteiger partial charge in [-0.15, -0.1) is 0 Å². The molecule has 3 aromatic rings. The molecule has 0 unspecified atom stereocenters. The summed E-state index contributed by atoms with van der Waals surface area (Å²) >= 11 is 6.14. The fraction of sp³-hybridized carbons (Fsp3) is 0.304. The summed E-state index contributed by atoms with van der Waals surface area (Å²) in [7, 11) is 5.42. The van der Waals surface area contributed by atoms with Crippen molar-refractivity contribution < 1.29 is 9.53 Å². The Morgan fingerprint density at radius 3 is 2.87 bits per heavy atom. The van der Waals surface area contributed by atoms with Crippen molar-refractivity contribution in [2.24, 2.45) is 0 Å². The summed E-state index contributed by atoms with van der Waals surface area (Å²) in [5.41, 5.74) is 4.86. The molecule has 3 heterocycles. The van der Waals surface area contributed by atoms with E-state index < -0.39 is 0 Å². The van der Waals surface area contributed by atoms with Crippen LogP contribution in [0.15, 0.2) is 42.6 Å². The van der Waals surface area contributed by atoms with Crippen molar-refractivity contribution in [3.05, 3.63) is 53.3 Å². The van der Waals surface area contributed by atoms with E-state index in [1.165, 1.54) is 5.57 Å². The van der Waals surface area contributed by atoms with Gasteiger partial charge in [0.15, 0.2) is 0 Å². The Labute approximate surface area is 186 Å². The van der Waals surface area contributed by atoms with Crippen molar-refractivity contribution in [2.75, 3.05) is 46.2 Å². The molecule has 1 aliphatic rings. The minimum absolute atomic E-state index is 0.156. The lowest BCUT2D eigenvalue weighted by Crippen LogP contribution is -2.40. The highest BCUT2D eigenvalue weighted by Gasteiger charge is 2.19. The van der Waals surface area contributed by atoms with Crippen LogP contribution in [-0.4, -0.2) is 66.5 Å². The van der Waals surface area contributed by atoms with Crippen molar-refractivity contribution in [3.8, 4) is 5.75 Å². The second-order valence-electron chi connectivity index (χ2n) is 7.84. The molecule has 0 fully saturated rings. The molecule has 2 aromatic heterocycles. The van der Waals surface area contributed by atoms with Crippen molar-refractivity contribution in [1.82, 2.24) is 19.8 Å². The van der Waals surface area contributed by atoms with Crippen molar-refractivity contribution in [1.29, 1.82) is 0 Å². The largest absolute Gasteiger partial charge is 0.495 e. The van der Waals surface area contributed by atoms with Gasteiger partial charge in [0.2, 0.25) is 5.91 Å². The first-order chi connectivity index (χ1) is 14.9. The number of benzene rings is 1. The molecule has 0 spiro atoms. The van der Waals surface area contributed by atoms with Gasteiger partial charge in [-0.25, -0.2) is 4.98 Å². The highest BCUT2D eigenvalue weighted by molar-refractivity contribution is 6.32. The lowest BCUT2D eigenvalue weighted by Gasteiger charge is -2.27. The summed E-state index contributed by atoms with van der Waals surface area (Å²) in [6, 6.07) is 9.64. The van der Waals surface area contributed by atoms with Crippen LogP contribution >= 0.6 is 11.6 Å². The first-order valence-corrected chi connectivity index (χ1v) is 10.5. The number of halogens is 1. The van der Waals surface area contributed by atoms with Crippen LogP contribution in [0.3, 0.4) is 0 Å². The normalized spacial score (nSPS) is 14.1. The van der Waals surface area contributed by atoms with E-state index in [1.54, 1.807) is 19.4 Å². The number of carbonyl (C=O) groups excluding carboxylic acids is 1. The maximum Gasteiger partial charge on any atom is 0.237 e. The Balaban J connectivity index is 1.56. The maximum absolute atomic E-state index is 12.3. The third-order valence-electron chi connectivity index (χ3n) is 5.32. The molecular weight excluding hydrogens is 414 g/mol. The van der Waals surface area contributed by atoms with Gasteiger partial charge in [0, 0.05) is 42.1 Å². The Hall–Kier alpha value is -3.03. The summed E-state index contributed by atoms with van der Waals surface area (Å²) in [6.45, 7) is 1.78. The number of aromatic nitrogens is 2. The topological polar surface area (TPSA) is 73.5 Å². The Bertz CT molecular complexity index is 1140. The Morgan fingerprint density at radius 1 is 1.32 bits per heavy atom. The molecule has 0 atom stereocenters. The average Bonchev–Trinajstić information content (AvgIpc) is 3.20. The van der Waals surface area contributed by atoms with E-state index in [0.717, 1.165) is 41.1 Å². The SMILES string of the molecule is COc1cc(Nc2ccnc3[nH]c(C4=CCN(C(=O)CN(C)C)CC4)cc23)ccc1Cl. The first-order valence-electron chi connectivity index (χ1n) is 10.1. The number of nitrogens with one attached hydrogen (secondary N) is 2. The van der Waals surface area contributed by atoms with Crippen LogP contribution in [0.5, 0.6) is 5.75 Å². The third kappa shape index (κ3) is 4.68. The van der Waals surface area contributed by atoms with Crippen molar-refractivity contribution >= 4 is 45.5 Å². The number of carbonyl (C=O) groups is 1. The van der Waals surface area contributed by atoms with Gasteiger partial charge < -0.3 is 24.8 Å². The number of hydrogen-bond donors (Lipinski definition) is 2. The van der Waals surface area contributed by atoms with E-state index in [1.807, 2.05) is 42.1 Å². The van der Waals surface area contributed by atoms with E-state index >= 15 is 0 Å². The number of pyridine rings is 1. The first kappa shape index (κ1) is 21.2. The smallest absolute Gasteiger partial charge is 0.237 e. The molecule has 0 saturated carbocycles. The lowest BCUT2D eigenvalue weighted by molar-refractivity contribution is -0.131. The average molecular weight is 440 g/mol. The second kappa shape index (κ2) is 8.99. The van der Waals surface area contributed by atoms with E-state index in [0.29, 0.717) is 23.9 Å². The van der Waals surface area contributed by atoms with E-state index in [4.69, 9.17) is 16.3 Å². The predicted octanol–water partition coefficient (Wildman–Crippen LogP) is 4.15. The molecule has 4 rings (SSSR count). The lowest BCUT2D eigenvalue weighted by atomic mass is 10.0. The molecule has 1 aliphatic heterocycles. The summed E-state index contributed by atoms with van der Waals surface area (Å²) in [5.74, 6) is 0.774. The van der Waals surface area contributed by atoms with Crippen LogP contribution in [0.25, 0.3) is 16.6 Å². The van der Waals surface area contributed by atoms with Gasteiger partial charge in [0.1, 0.15) is 11.4 Å². The summed E-state index contributed by atoms with van der Waals surface area (Å²) in [4.78, 5) is 24.0. The molecule has 0 radical (unpaired) electrons. The standard InChI is InChI=1S/C23H26ClN5O2/c1-28(2)14-22(30)29-10-7-15(8-11-29)20-13-17-19(6-9-25-23(17)27-20)26-16-4-5-18(24)21(12-16)31-3/h4-7,9,12-13H,8,10-11,14H2,1-3H3,(H2,25,26,27). The number of fused-ring (bicyclic) bond motifs is 1. The number of nitrogens with zero attached hydrogens (tertiary/aromatic N) is 3. The van der Waals surface area contributed by atoms with Crippen LogP contribution in [0.1, 0.15) is 12.1 Å². The predicted molar refractivity (Wildman–Crippen MR) is 125 cm³/mol. The molecule has 7 nitrogen and oxygen atoms in total. The van der Waals surface area contributed by atoms with Crippen LogP contribution in [0.2, 0.25) is 5.02 Å². The van der Waals surface area contributed by atoms with Gasteiger partial charge in [0.25, 0.3) is 0 Å². The van der Waals surface area contributed by atoms with Crippen LogP contribution in [0, 0.1) is 0 Å². The van der Waals surface area contributed by atoms with Gasteiger partial charge in [-0.3, -0.25) is 4.79 Å². The molecule has 0 bridgehead atoms. The molecule has 31 heavy (non-hydrogen) atoms. The molecule has 1 aromatic carbocycles. The fourth-order valence-corrected chi connectivity index (χ4v) is 3.91. The minimum atomic E-state index is 0.156. The van der Waals surface area contributed by atoms with Gasteiger partial charge in [0.05, 0.1) is 24.4 Å². The molecule has 1 amide bonds. The zero-order valence-corrected chi connectivity index (χ0v) is 18.7. The van der Waals surface area contributed by atoms with Crippen LogP contribution in [-0.2, 0) is 4.79 Å². The fourth-order valence-electron chi connectivity index (χ4n) is 3.71. The van der Waals surface area contributed by atoms with E-state index in [2.05, 4.69) is 27.4 Å². The quantitative estimate of drug-likeness (QED) is 0.603. The summed E-state index contributed by atoms with van der Waals surface area (Å²) < 4.78 is 5.31. The molecule has 0 saturated heterocycles. The van der Waals surface area contributed by atoms with Crippen LogP contribution < -0.4 is 10.1 Å². The summed E-state index contributed by atoms with van der Waals surface area (Å²) in [6.07, 6.45) is 4.71. The molecule has 8 heteroatoms. The third-order valence-corrected chi connectivity index (χ3v) is 5.63. The molecule has 0 aliphatic carbocycles. The minimum Gasteiger partial charge on any atom is -0.495 e. The van der Waals surface area contributed by atoms with Gasteiger partial charge >= 0.3 is 0 Å². The van der Waals surface area contributed by atoms with Crippen LogP contribution in [0.4, 0.5) is 11.4 Å². The number of aromatic amines is 1. The van der Waals surface area contributed by atoms with Crippen molar-refractivity contribution in [2.45, 2.75) is 6.42 Å². The maximum atomic E-state index is 12.3. The number of H-pyrrole nitrogens is 1. The second-order valence-corrected chi connectivity index (χ2v) is 8.24. The highest BCUT2D eigenvalue weighted by atomic mass is 35.5. The number of hydrogen-bond acceptors (Lipinski definition) is 5. The zero-order chi connectivity index (χ0) is 22.0. The Morgan fingerprint density at radius 2 is 2.16 bits per heavy atom. The highest BCUT2D eigenvalue weighted by Crippen LogP contribution is 2.33. The van der Waals surface area contributed by atoms with E-state index in [-0.39, 0.29) is 5.91 Å². The molecular formula is C23H26ClN5O2. The Kier molecular flexibility index (Phi) is 6.15. The number of likely N-dealkylation sites (N-methyl/N-ethyl adjacent to an activating group) is 1. The number of rotatable bonds is 6. The van der Waals surface area contributed by atoms with Crippen molar-refractivity contribution in [3.63, 3.8) is 0 Å². The molecule has 2 N–H and O–H groups in total. The van der Waals surface area contributed by atoms with Gasteiger partial charge in [-0.05, 0) is 50.4 Å².